The molecule has 0 amide bonds. The number of hydrogen-bond acceptors (Lipinski definition) is 5. The molecule has 0 spiro atoms. The Morgan fingerprint density at radius 1 is 1.75 bits per heavy atom. The standard InChI is InChI=1S/C7H9N3S2/c1-9-7(12-11)5-3-2-4-10-6(5)8/h2-4,11H,1H3,(H2,8,10). The molecule has 0 aliphatic rings. The van der Waals surface area contributed by atoms with Gasteiger partial charge in [-0.15, -0.1) is 11.7 Å². The van der Waals surface area contributed by atoms with Crippen molar-refractivity contribution in [3.63, 3.8) is 0 Å². The number of anilines is 1. The Morgan fingerprint density at radius 3 is 3.00 bits per heavy atom. The summed E-state index contributed by atoms with van der Waals surface area (Å²) in [6, 6.07) is 3.69. The van der Waals surface area contributed by atoms with Gasteiger partial charge in [0.05, 0.1) is 0 Å². The summed E-state index contributed by atoms with van der Waals surface area (Å²) in [5.74, 6) is 0.486. The van der Waals surface area contributed by atoms with Crippen LogP contribution in [0.25, 0.3) is 0 Å². The van der Waals surface area contributed by atoms with Crippen molar-refractivity contribution in [2.45, 2.75) is 0 Å². The summed E-state index contributed by atoms with van der Waals surface area (Å²) in [6.07, 6.45) is 1.65. The van der Waals surface area contributed by atoms with E-state index in [0.717, 1.165) is 10.6 Å². The van der Waals surface area contributed by atoms with Gasteiger partial charge in [0.15, 0.2) is 0 Å². The zero-order chi connectivity index (χ0) is 8.97. The van der Waals surface area contributed by atoms with Gasteiger partial charge in [0.2, 0.25) is 0 Å². The van der Waals surface area contributed by atoms with Crippen molar-refractivity contribution in [3.05, 3.63) is 23.9 Å². The Morgan fingerprint density at radius 2 is 2.50 bits per heavy atom. The second-order valence-corrected chi connectivity index (χ2v) is 3.17. The van der Waals surface area contributed by atoms with E-state index in [1.54, 1.807) is 13.2 Å². The molecule has 0 aliphatic carbocycles. The highest BCUT2D eigenvalue weighted by Gasteiger charge is 2.05. The molecule has 1 rings (SSSR count). The SMILES string of the molecule is CN=C(SS)c1cccnc1N. The fraction of sp³-hybridized carbons (Fsp3) is 0.143. The minimum absolute atomic E-state index is 0.486. The molecular weight excluding hydrogens is 190 g/mol. The molecule has 3 nitrogen and oxygen atoms in total. The smallest absolute Gasteiger partial charge is 0.133 e. The van der Waals surface area contributed by atoms with Crippen LogP contribution in [0.15, 0.2) is 23.3 Å². The lowest BCUT2D eigenvalue weighted by Gasteiger charge is -2.02. The van der Waals surface area contributed by atoms with Crippen molar-refractivity contribution >= 4 is 33.3 Å². The minimum atomic E-state index is 0.486. The quantitative estimate of drug-likeness (QED) is 0.313. The largest absolute Gasteiger partial charge is 0.383 e. The third-order valence-corrected chi connectivity index (χ3v) is 2.45. The van der Waals surface area contributed by atoms with Gasteiger partial charge >= 0.3 is 0 Å². The molecule has 0 radical (unpaired) electrons. The number of nitrogens with two attached hydrogens (primary N) is 1. The van der Waals surface area contributed by atoms with Gasteiger partial charge in [-0.1, -0.05) is 0 Å². The maximum Gasteiger partial charge on any atom is 0.133 e. The number of aliphatic imine (C=N–C) groups is 1. The number of thiol groups is 1. The summed E-state index contributed by atoms with van der Waals surface area (Å²) in [5, 5.41) is 0.781. The lowest BCUT2D eigenvalue weighted by atomic mass is 10.3. The Kier molecular flexibility index (Phi) is 3.43. The molecule has 0 saturated heterocycles. The first-order chi connectivity index (χ1) is 5.79. The lowest BCUT2D eigenvalue weighted by molar-refractivity contribution is 1.32. The van der Waals surface area contributed by atoms with Crippen molar-refractivity contribution in [1.29, 1.82) is 0 Å². The van der Waals surface area contributed by atoms with Gasteiger partial charge in [-0.2, -0.15) is 0 Å². The first kappa shape index (κ1) is 9.41. The predicted octanol–water partition coefficient (Wildman–Crippen LogP) is 1.62. The van der Waals surface area contributed by atoms with E-state index in [-0.39, 0.29) is 0 Å². The number of aromatic nitrogens is 1. The molecular formula is C7H9N3S2. The fourth-order valence-electron chi connectivity index (χ4n) is 0.809. The Bertz CT molecular complexity index is 298. The summed E-state index contributed by atoms with van der Waals surface area (Å²) in [4.78, 5) is 7.97. The molecule has 0 saturated carbocycles. The van der Waals surface area contributed by atoms with Gasteiger partial charge in [-0.3, -0.25) is 4.99 Å². The molecule has 0 aliphatic heterocycles. The van der Waals surface area contributed by atoms with Crippen LogP contribution < -0.4 is 5.73 Å². The molecule has 2 N–H and O–H groups in total. The molecule has 0 unspecified atom stereocenters. The van der Waals surface area contributed by atoms with Gasteiger partial charge in [0.1, 0.15) is 10.9 Å². The average Bonchev–Trinajstić information content (AvgIpc) is 2.10. The van der Waals surface area contributed by atoms with Crippen LogP contribution in [0, 0.1) is 0 Å². The number of rotatable bonds is 1. The zero-order valence-corrected chi connectivity index (χ0v) is 8.27. The molecule has 1 aromatic rings. The number of nitrogens with zero attached hydrogens (tertiary/aromatic N) is 2. The van der Waals surface area contributed by atoms with Crippen molar-refractivity contribution in [2.24, 2.45) is 4.99 Å². The van der Waals surface area contributed by atoms with Crippen LogP contribution >= 0.6 is 22.5 Å². The molecule has 64 valence electrons. The average molecular weight is 199 g/mol. The summed E-state index contributed by atoms with van der Waals surface area (Å²) in [5.41, 5.74) is 6.47. The van der Waals surface area contributed by atoms with Crippen molar-refractivity contribution in [3.8, 4) is 0 Å². The highest BCUT2D eigenvalue weighted by Crippen LogP contribution is 2.19. The van der Waals surface area contributed by atoms with E-state index in [2.05, 4.69) is 21.6 Å². The monoisotopic (exact) mass is 199 g/mol. The zero-order valence-electron chi connectivity index (χ0n) is 6.56. The van der Waals surface area contributed by atoms with Crippen LogP contribution in [0.4, 0.5) is 5.82 Å². The number of nitrogen functional groups attached to an aromatic ring is 1. The van der Waals surface area contributed by atoms with Crippen LogP contribution in [0.3, 0.4) is 0 Å². The van der Waals surface area contributed by atoms with E-state index < -0.39 is 0 Å². The summed E-state index contributed by atoms with van der Waals surface area (Å²) >= 11 is 4.06. The molecule has 5 heteroatoms. The van der Waals surface area contributed by atoms with Crippen LogP contribution in [0.1, 0.15) is 5.56 Å². The third kappa shape index (κ3) is 1.92. The first-order valence-electron chi connectivity index (χ1n) is 3.28. The fourth-order valence-corrected chi connectivity index (χ4v) is 1.70. The molecule has 12 heavy (non-hydrogen) atoms. The van der Waals surface area contributed by atoms with Crippen molar-refractivity contribution in [1.82, 2.24) is 4.98 Å². The second-order valence-electron chi connectivity index (χ2n) is 2.06. The summed E-state index contributed by atoms with van der Waals surface area (Å²) < 4.78 is 0. The van der Waals surface area contributed by atoms with E-state index in [4.69, 9.17) is 5.73 Å². The lowest BCUT2D eigenvalue weighted by Crippen LogP contribution is -2.01. The molecule has 1 aromatic heterocycles. The van der Waals surface area contributed by atoms with Crippen molar-refractivity contribution in [2.75, 3.05) is 12.8 Å². The van der Waals surface area contributed by atoms with E-state index in [9.17, 15) is 0 Å². The normalized spacial score (nSPS) is 11.7. The van der Waals surface area contributed by atoms with Gasteiger partial charge in [0, 0.05) is 18.8 Å². The Labute approximate surface area is 80.3 Å². The van der Waals surface area contributed by atoms with Crippen LogP contribution in [0.2, 0.25) is 0 Å². The maximum absolute atomic E-state index is 5.63. The van der Waals surface area contributed by atoms with Crippen molar-refractivity contribution < 1.29 is 0 Å². The summed E-state index contributed by atoms with van der Waals surface area (Å²) in [6.45, 7) is 0. The van der Waals surface area contributed by atoms with Gasteiger partial charge in [-0.25, -0.2) is 4.98 Å². The predicted molar refractivity (Wildman–Crippen MR) is 57.7 cm³/mol. The molecule has 0 atom stereocenters. The highest BCUT2D eigenvalue weighted by molar-refractivity contribution is 8.75. The van der Waals surface area contributed by atoms with E-state index in [0.29, 0.717) is 5.82 Å². The molecule has 0 aromatic carbocycles. The molecule has 1 heterocycles. The van der Waals surface area contributed by atoms with Gasteiger partial charge < -0.3 is 5.73 Å². The minimum Gasteiger partial charge on any atom is -0.383 e. The topological polar surface area (TPSA) is 51.3 Å². The van der Waals surface area contributed by atoms with Gasteiger partial charge in [0.25, 0.3) is 0 Å². The Balaban J connectivity index is 3.10. The van der Waals surface area contributed by atoms with E-state index in [1.807, 2.05) is 12.1 Å². The van der Waals surface area contributed by atoms with Crippen LogP contribution in [-0.4, -0.2) is 17.1 Å². The molecule has 0 bridgehead atoms. The molecule has 0 fully saturated rings. The Hall–Kier alpha value is -0.680. The highest BCUT2D eigenvalue weighted by atomic mass is 33.1. The number of pyridine rings is 1. The van der Waals surface area contributed by atoms with Gasteiger partial charge in [-0.05, 0) is 22.9 Å². The van der Waals surface area contributed by atoms with E-state index in [1.165, 1.54) is 10.8 Å². The summed E-state index contributed by atoms with van der Waals surface area (Å²) in [7, 11) is 2.96. The first-order valence-corrected chi connectivity index (χ1v) is 5.15. The van der Waals surface area contributed by atoms with Crippen LogP contribution in [0.5, 0.6) is 0 Å². The number of hydrogen-bond donors (Lipinski definition) is 2. The van der Waals surface area contributed by atoms with E-state index >= 15 is 0 Å². The third-order valence-electron chi connectivity index (χ3n) is 1.36. The maximum atomic E-state index is 5.63. The van der Waals surface area contributed by atoms with Crippen LogP contribution in [-0.2, 0) is 0 Å². The second kappa shape index (κ2) is 4.37.